The van der Waals surface area contributed by atoms with Gasteiger partial charge < -0.3 is 35.6 Å². The molecule has 2 aromatic heterocycles. The molecule has 4 N–H and O–H groups in total. The third-order valence-corrected chi connectivity index (χ3v) is 5.93. The number of anilines is 4. The molecule has 1 aliphatic heterocycles. The third kappa shape index (κ3) is 8.70. The molecule has 0 spiro atoms. The van der Waals surface area contributed by atoms with E-state index in [1.165, 1.54) is 12.1 Å². The third-order valence-electron chi connectivity index (χ3n) is 5.93. The number of benzene rings is 1. The van der Waals surface area contributed by atoms with E-state index in [0.29, 0.717) is 77.0 Å². The molecule has 3 heterocycles. The average Bonchev–Trinajstić information content (AvgIpc) is 2.98. The molecule has 14 nitrogen and oxygen atoms in total. The van der Waals surface area contributed by atoms with E-state index in [9.17, 15) is 10.1 Å². The molecule has 1 fully saturated rings. The lowest BCUT2D eigenvalue weighted by molar-refractivity contribution is -0.384. The van der Waals surface area contributed by atoms with Crippen molar-refractivity contribution in [3.05, 3.63) is 64.5 Å². The number of non-ortho nitro benzene ring substituents is 1. The zero-order valence-electron chi connectivity index (χ0n) is 21.7. The Morgan fingerprint density at radius 2 is 1.56 bits per heavy atom. The Kier molecular flexibility index (Phi) is 10.5. The van der Waals surface area contributed by atoms with Gasteiger partial charge in [0.05, 0.1) is 43.6 Å². The highest BCUT2D eigenvalue weighted by molar-refractivity contribution is 5.53. The predicted octanol–water partition coefficient (Wildman–Crippen LogP) is 1.52. The first-order chi connectivity index (χ1) is 19.1. The van der Waals surface area contributed by atoms with Crippen LogP contribution >= 0.6 is 0 Å². The van der Waals surface area contributed by atoms with Crippen LogP contribution < -0.4 is 26.2 Å². The summed E-state index contributed by atoms with van der Waals surface area (Å²) in [7, 11) is 0. The second-order valence-electron chi connectivity index (χ2n) is 8.65. The van der Waals surface area contributed by atoms with E-state index >= 15 is 0 Å². The Bertz CT molecular complexity index is 1160. The first kappa shape index (κ1) is 27.9. The summed E-state index contributed by atoms with van der Waals surface area (Å²) < 4.78 is 10.9. The summed E-state index contributed by atoms with van der Waals surface area (Å²) in [6.45, 7) is 6.29. The Hall–Kier alpha value is -4.14. The van der Waals surface area contributed by atoms with Crippen LogP contribution in [0.5, 0.6) is 0 Å². The molecule has 1 saturated heterocycles. The summed E-state index contributed by atoms with van der Waals surface area (Å²) in [4.78, 5) is 33.0. The monoisotopic (exact) mass is 538 g/mol. The average molecular weight is 539 g/mol. The molecule has 208 valence electrons. The summed E-state index contributed by atoms with van der Waals surface area (Å²) in [5.74, 6) is 1.46. The van der Waals surface area contributed by atoms with Gasteiger partial charge in [0.1, 0.15) is 0 Å². The first-order valence-electron chi connectivity index (χ1n) is 12.9. The van der Waals surface area contributed by atoms with E-state index in [4.69, 9.17) is 15.2 Å². The number of nitro groups is 1. The summed E-state index contributed by atoms with van der Waals surface area (Å²) in [5, 5.41) is 17.4. The van der Waals surface area contributed by atoms with Crippen LogP contribution in [0, 0.1) is 10.1 Å². The maximum Gasteiger partial charge on any atom is 0.269 e. The van der Waals surface area contributed by atoms with E-state index in [1.54, 1.807) is 18.3 Å². The number of piperazine rings is 1. The molecule has 4 rings (SSSR count). The van der Waals surface area contributed by atoms with Crippen LogP contribution in [0.15, 0.2) is 48.7 Å². The van der Waals surface area contributed by atoms with Crippen LogP contribution in [0.2, 0.25) is 0 Å². The summed E-state index contributed by atoms with van der Waals surface area (Å²) >= 11 is 0. The van der Waals surface area contributed by atoms with Crippen molar-refractivity contribution in [3.8, 4) is 0 Å². The van der Waals surface area contributed by atoms with Gasteiger partial charge in [-0.3, -0.25) is 15.1 Å². The van der Waals surface area contributed by atoms with Crippen molar-refractivity contribution >= 4 is 29.2 Å². The Labute approximate surface area is 226 Å². The number of nitrogens with two attached hydrogens (primary N) is 1. The van der Waals surface area contributed by atoms with E-state index in [0.717, 1.165) is 24.5 Å². The lowest BCUT2D eigenvalue weighted by Crippen LogP contribution is -2.47. The van der Waals surface area contributed by atoms with Crippen LogP contribution in [0.3, 0.4) is 0 Å². The zero-order chi connectivity index (χ0) is 27.3. The standard InChI is InChI=1S/C25H34N10O4/c26-8-15-38-17-18-39-16-10-28-23-30-24(29-19-20-3-1-2-9-27-20)32-25(31-23)34-13-11-33(12-14-34)21-4-6-22(7-5-21)35(36)37/h1-7,9H,8,10-19,26H2,(H2,28,29,30,31,32). The SMILES string of the molecule is NCCOCCOCCNc1nc(NCc2ccccn2)nc(N2CCN(c3ccc([N+](=O)[O-])cc3)CC2)n1. The Balaban J connectivity index is 1.36. The number of hydrogen-bond acceptors (Lipinski definition) is 13. The molecule has 0 saturated carbocycles. The lowest BCUT2D eigenvalue weighted by Gasteiger charge is -2.36. The van der Waals surface area contributed by atoms with Gasteiger partial charge in [-0.15, -0.1) is 0 Å². The number of hydrogen-bond donors (Lipinski definition) is 3. The van der Waals surface area contributed by atoms with Gasteiger partial charge in [-0.25, -0.2) is 0 Å². The largest absolute Gasteiger partial charge is 0.378 e. The van der Waals surface area contributed by atoms with Gasteiger partial charge in [0.25, 0.3) is 5.69 Å². The van der Waals surface area contributed by atoms with Crippen molar-refractivity contribution < 1.29 is 14.4 Å². The van der Waals surface area contributed by atoms with Crippen LogP contribution in [0.25, 0.3) is 0 Å². The van der Waals surface area contributed by atoms with Gasteiger partial charge in [0.15, 0.2) is 0 Å². The topological polar surface area (TPSA) is 170 Å². The fraction of sp³-hybridized carbons (Fsp3) is 0.440. The van der Waals surface area contributed by atoms with Crippen LogP contribution in [0.4, 0.5) is 29.2 Å². The van der Waals surface area contributed by atoms with Gasteiger partial charge in [-0.2, -0.15) is 15.0 Å². The fourth-order valence-electron chi connectivity index (χ4n) is 3.93. The van der Waals surface area contributed by atoms with E-state index in [1.807, 2.05) is 18.2 Å². The van der Waals surface area contributed by atoms with Crippen LogP contribution in [-0.4, -0.2) is 90.6 Å². The number of nitrogens with one attached hydrogen (secondary N) is 2. The van der Waals surface area contributed by atoms with Crippen LogP contribution in [-0.2, 0) is 16.0 Å². The van der Waals surface area contributed by atoms with E-state index in [2.05, 4.69) is 40.4 Å². The molecule has 0 atom stereocenters. The molecular formula is C25H34N10O4. The molecule has 0 radical (unpaired) electrons. The first-order valence-corrected chi connectivity index (χ1v) is 12.9. The highest BCUT2D eigenvalue weighted by atomic mass is 16.6. The molecule has 39 heavy (non-hydrogen) atoms. The Morgan fingerprint density at radius 1 is 0.872 bits per heavy atom. The second kappa shape index (κ2) is 14.7. The van der Waals surface area contributed by atoms with Gasteiger partial charge >= 0.3 is 0 Å². The van der Waals surface area contributed by atoms with Crippen LogP contribution in [0.1, 0.15) is 5.69 Å². The van der Waals surface area contributed by atoms with Crippen molar-refractivity contribution in [3.63, 3.8) is 0 Å². The van der Waals surface area contributed by atoms with Gasteiger partial charge in [0, 0.05) is 63.3 Å². The fourth-order valence-corrected chi connectivity index (χ4v) is 3.93. The van der Waals surface area contributed by atoms with Gasteiger partial charge in [-0.05, 0) is 24.3 Å². The molecule has 0 bridgehead atoms. The summed E-state index contributed by atoms with van der Waals surface area (Å²) in [6, 6.07) is 12.4. The molecule has 0 unspecified atom stereocenters. The number of nitro benzene ring substituents is 1. The van der Waals surface area contributed by atoms with Crippen molar-refractivity contribution in [2.24, 2.45) is 5.73 Å². The number of rotatable bonds is 15. The lowest BCUT2D eigenvalue weighted by atomic mass is 10.2. The van der Waals surface area contributed by atoms with Gasteiger partial charge in [0.2, 0.25) is 17.8 Å². The minimum Gasteiger partial charge on any atom is -0.378 e. The smallest absolute Gasteiger partial charge is 0.269 e. The molecule has 1 aromatic carbocycles. The molecule has 0 amide bonds. The predicted molar refractivity (Wildman–Crippen MR) is 148 cm³/mol. The van der Waals surface area contributed by atoms with Crippen molar-refractivity contribution in [2.75, 3.05) is 86.1 Å². The quantitative estimate of drug-likeness (QED) is 0.145. The van der Waals surface area contributed by atoms with Gasteiger partial charge in [-0.1, -0.05) is 6.07 Å². The summed E-state index contributed by atoms with van der Waals surface area (Å²) in [5.41, 5.74) is 7.31. The van der Waals surface area contributed by atoms with Crippen molar-refractivity contribution in [1.82, 2.24) is 19.9 Å². The maximum absolute atomic E-state index is 11.0. The zero-order valence-corrected chi connectivity index (χ0v) is 21.7. The summed E-state index contributed by atoms with van der Waals surface area (Å²) in [6.07, 6.45) is 1.74. The van der Waals surface area contributed by atoms with E-state index in [-0.39, 0.29) is 5.69 Å². The highest BCUT2D eigenvalue weighted by Crippen LogP contribution is 2.22. The number of ether oxygens (including phenoxy) is 2. The molecule has 1 aliphatic rings. The molecule has 14 heteroatoms. The van der Waals surface area contributed by atoms with Crippen molar-refractivity contribution in [1.29, 1.82) is 0 Å². The minimum atomic E-state index is -0.391. The number of pyridine rings is 1. The molecule has 3 aromatic rings. The molecular weight excluding hydrogens is 504 g/mol. The second-order valence-corrected chi connectivity index (χ2v) is 8.65. The normalized spacial score (nSPS) is 13.4. The number of aromatic nitrogens is 4. The van der Waals surface area contributed by atoms with E-state index < -0.39 is 4.92 Å². The molecule has 0 aliphatic carbocycles. The number of nitrogens with zero attached hydrogens (tertiary/aromatic N) is 7. The minimum absolute atomic E-state index is 0.0821. The maximum atomic E-state index is 11.0. The van der Waals surface area contributed by atoms with Crippen molar-refractivity contribution in [2.45, 2.75) is 6.54 Å². The highest BCUT2D eigenvalue weighted by Gasteiger charge is 2.21. The Morgan fingerprint density at radius 3 is 2.23 bits per heavy atom.